The second kappa shape index (κ2) is 6.52. The Kier molecular flexibility index (Phi) is 4.50. The van der Waals surface area contributed by atoms with Gasteiger partial charge in [0, 0.05) is 6.08 Å². The molecule has 0 saturated heterocycles. The van der Waals surface area contributed by atoms with Crippen LogP contribution in [0.2, 0.25) is 0 Å². The molecule has 2 rings (SSSR count). The molecule has 4 heteroatoms. The number of hydrogen-bond donors (Lipinski definition) is 1. The third kappa shape index (κ3) is 3.95. The molecule has 0 bridgehead atoms. The van der Waals surface area contributed by atoms with E-state index in [0.717, 1.165) is 17.2 Å². The molecule has 0 aliphatic rings. The predicted octanol–water partition coefficient (Wildman–Crippen LogP) is 3.50. The van der Waals surface area contributed by atoms with E-state index in [1.54, 1.807) is 30.3 Å². The van der Waals surface area contributed by atoms with Gasteiger partial charge < -0.3 is 9.84 Å². The fraction of sp³-hybridized carbons (Fsp3) is 0.0625. The molecule has 2 aromatic carbocycles. The van der Waals surface area contributed by atoms with E-state index in [1.165, 1.54) is 12.1 Å². The molecule has 2 aromatic rings. The van der Waals surface area contributed by atoms with Crippen molar-refractivity contribution in [2.24, 2.45) is 0 Å². The molecule has 0 aliphatic heterocycles. The highest BCUT2D eigenvalue weighted by Gasteiger charge is 2.01. The Balaban J connectivity index is 1.97. The molecular formula is C16H13FO3. The number of benzene rings is 2. The maximum Gasteiger partial charge on any atom is 0.328 e. The predicted molar refractivity (Wildman–Crippen MR) is 73.8 cm³/mol. The lowest BCUT2D eigenvalue weighted by molar-refractivity contribution is -0.131. The summed E-state index contributed by atoms with van der Waals surface area (Å²) in [5.74, 6) is -1.17. The van der Waals surface area contributed by atoms with Gasteiger partial charge in [0.2, 0.25) is 0 Å². The molecule has 102 valence electrons. The zero-order chi connectivity index (χ0) is 14.4. The van der Waals surface area contributed by atoms with E-state index in [1.807, 2.05) is 12.1 Å². The summed E-state index contributed by atoms with van der Waals surface area (Å²) in [5.41, 5.74) is 1.66. The van der Waals surface area contributed by atoms with Crippen molar-refractivity contribution in [1.29, 1.82) is 0 Å². The number of ether oxygens (including phenoxy) is 1. The van der Waals surface area contributed by atoms with Crippen molar-refractivity contribution in [2.75, 3.05) is 0 Å². The number of carbonyl (C=O) groups is 1. The Morgan fingerprint density at radius 2 is 1.85 bits per heavy atom. The Morgan fingerprint density at radius 1 is 1.15 bits per heavy atom. The molecule has 0 atom stereocenters. The lowest BCUT2D eigenvalue weighted by Crippen LogP contribution is -1.97. The number of aliphatic carboxylic acids is 1. The quantitative estimate of drug-likeness (QED) is 0.847. The molecule has 0 aromatic heterocycles. The van der Waals surface area contributed by atoms with Crippen LogP contribution in [0.25, 0.3) is 6.08 Å². The number of para-hydroxylation sites is 1. The number of halogens is 1. The number of carboxylic acids is 1. The van der Waals surface area contributed by atoms with Crippen LogP contribution in [0.1, 0.15) is 11.1 Å². The lowest BCUT2D eigenvalue weighted by Gasteiger charge is -2.07. The van der Waals surface area contributed by atoms with Crippen LogP contribution in [0.3, 0.4) is 0 Å². The van der Waals surface area contributed by atoms with Crippen molar-refractivity contribution < 1.29 is 19.0 Å². The summed E-state index contributed by atoms with van der Waals surface area (Å²) in [4.78, 5) is 10.4. The lowest BCUT2D eigenvalue weighted by atomic mass is 10.1. The van der Waals surface area contributed by atoms with Gasteiger partial charge in [-0.15, -0.1) is 0 Å². The van der Waals surface area contributed by atoms with Gasteiger partial charge in [0.25, 0.3) is 0 Å². The maximum atomic E-state index is 13.3. The first-order valence-corrected chi connectivity index (χ1v) is 6.02. The summed E-state index contributed by atoms with van der Waals surface area (Å²) in [6, 6.07) is 13.4. The largest absolute Gasteiger partial charge is 0.486 e. The minimum Gasteiger partial charge on any atom is -0.486 e. The smallest absolute Gasteiger partial charge is 0.328 e. The Bertz CT molecular complexity index is 618. The highest BCUT2D eigenvalue weighted by molar-refractivity contribution is 5.85. The van der Waals surface area contributed by atoms with Crippen molar-refractivity contribution in [3.05, 3.63) is 71.6 Å². The molecule has 0 fully saturated rings. The van der Waals surface area contributed by atoms with Gasteiger partial charge >= 0.3 is 5.97 Å². The van der Waals surface area contributed by atoms with Gasteiger partial charge in [0.1, 0.15) is 6.61 Å². The number of rotatable bonds is 5. The van der Waals surface area contributed by atoms with E-state index in [9.17, 15) is 9.18 Å². The van der Waals surface area contributed by atoms with E-state index < -0.39 is 11.8 Å². The van der Waals surface area contributed by atoms with Crippen molar-refractivity contribution in [3.63, 3.8) is 0 Å². The summed E-state index contributed by atoms with van der Waals surface area (Å²) in [6.07, 6.45) is 2.58. The molecule has 0 unspecified atom stereocenters. The Labute approximate surface area is 115 Å². The zero-order valence-corrected chi connectivity index (χ0v) is 10.6. The summed E-state index contributed by atoms with van der Waals surface area (Å²) in [5, 5.41) is 8.52. The molecule has 3 nitrogen and oxygen atoms in total. The minimum absolute atomic E-state index is 0.211. The Morgan fingerprint density at radius 3 is 2.50 bits per heavy atom. The van der Waals surface area contributed by atoms with Crippen LogP contribution in [0.15, 0.2) is 54.6 Å². The van der Waals surface area contributed by atoms with Crippen LogP contribution in [0.4, 0.5) is 4.39 Å². The van der Waals surface area contributed by atoms with E-state index in [2.05, 4.69) is 0 Å². The second-order valence-corrected chi connectivity index (χ2v) is 4.13. The van der Waals surface area contributed by atoms with Crippen LogP contribution < -0.4 is 4.74 Å². The van der Waals surface area contributed by atoms with Gasteiger partial charge in [-0.1, -0.05) is 36.4 Å². The zero-order valence-electron chi connectivity index (χ0n) is 10.6. The molecule has 0 radical (unpaired) electrons. The van der Waals surface area contributed by atoms with E-state index in [4.69, 9.17) is 9.84 Å². The van der Waals surface area contributed by atoms with Crippen molar-refractivity contribution in [3.8, 4) is 5.75 Å². The molecular weight excluding hydrogens is 259 g/mol. The summed E-state index contributed by atoms with van der Waals surface area (Å²) in [7, 11) is 0. The van der Waals surface area contributed by atoms with Gasteiger partial charge in [0.05, 0.1) is 0 Å². The van der Waals surface area contributed by atoms with Crippen molar-refractivity contribution >= 4 is 12.0 Å². The van der Waals surface area contributed by atoms with Gasteiger partial charge in [-0.3, -0.25) is 0 Å². The van der Waals surface area contributed by atoms with E-state index in [-0.39, 0.29) is 12.4 Å². The van der Waals surface area contributed by atoms with Gasteiger partial charge in [0.15, 0.2) is 11.6 Å². The highest BCUT2D eigenvalue weighted by Crippen LogP contribution is 2.17. The molecule has 0 amide bonds. The van der Waals surface area contributed by atoms with Crippen molar-refractivity contribution in [1.82, 2.24) is 0 Å². The van der Waals surface area contributed by atoms with E-state index >= 15 is 0 Å². The first kappa shape index (κ1) is 13.8. The molecule has 0 saturated carbocycles. The summed E-state index contributed by atoms with van der Waals surface area (Å²) in [6.45, 7) is 0.254. The average Bonchev–Trinajstić information content (AvgIpc) is 2.45. The first-order valence-electron chi connectivity index (χ1n) is 6.02. The number of hydrogen-bond acceptors (Lipinski definition) is 2. The van der Waals surface area contributed by atoms with Gasteiger partial charge in [-0.05, 0) is 29.3 Å². The average molecular weight is 272 g/mol. The third-order valence-corrected chi connectivity index (χ3v) is 2.63. The third-order valence-electron chi connectivity index (χ3n) is 2.63. The van der Waals surface area contributed by atoms with Crippen LogP contribution in [0.5, 0.6) is 5.75 Å². The molecule has 20 heavy (non-hydrogen) atoms. The van der Waals surface area contributed by atoms with E-state index in [0.29, 0.717) is 0 Å². The van der Waals surface area contributed by atoms with Gasteiger partial charge in [-0.2, -0.15) is 0 Å². The first-order chi connectivity index (χ1) is 9.65. The molecule has 0 heterocycles. The minimum atomic E-state index is -0.989. The van der Waals surface area contributed by atoms with Crippen LogP contribution >= 0.6 is 0 Å². The summed E-state index contributed by atoms with van der Waals surface area (Å²) >= 11 is 0. The van der Waals surface area contributed by atoms with Crippen LogP contribution in [0, 0.1) is 5.82 Å². The SMILES string of the molecule is O=C(O)C=Cc1ccc(COc2ccccc2F)cc1. The summed E-state index contributed by atoms with van der Waals surface area (Å²) < 4.78 is 18.7. The van der Waals surface area contributed by atoms with Gasteiger partial charge in [-0.25, -0.2) is 9.18 Å². The molecule has 0 spiro atoms. The standard InChI is InChI=1S/C16H13FO3/c17-14-3-1-2-4-15(14)20-11-13-7-5-12(6-8-13)9-10-16(18)19/h1-10H,11H2,(H,18,19). The molecule has 1 N–H and O–H groups in total. The van der Waals surface area contributed by atoms with Crippen molar-refractivity contribution in [2.45, 2.75) is 6.61 Å². The topological polar surface area (TPSA) is 46.5 Å². The monoisotopic (exact) mass is 272 g/mol. The van der Waals surface area contributed by atoms with Crippen LogP contribution in [-0.4, -0.2) is 11.1 Å². The van der Waals surface area contributed by atoms with Crippen LogP contribution in [-0.2, 0) is 11.4 Å². The normalized spacial score (nSPS) is 10.7. The second-order valence-electron chi connectivity index (χ2n) is 4.13. The Hall–Kier alpha value is -2.62. The maximum absolute atomic E-state index is 13.3. The number of carboxylic acid groups (broad SMARTS) is 1. The fourth-order valence-corrected chi connectivity index (χ4v) is 1.62. The fourth-order valence-electron chi connectivity index (χ4n) is 1.62. The molecule has 0 aliphatic carbocycles. The highest BCUT2D eigenvalue weighted by atomic mass is 19.1.